The molecular weight excluding hydrogens is 250 g/mol. The standard InChI is InChI=1S/C16H27N3O/c1-11-4-3-5-14(12(11)2)19-10-18-8-15(19)16(17)13-6-7-20-9-13/h8,10-14,16H,3-7,9,17H2,1-2H3. The Morgan fingerprint density at radius 2 is 2.20 bits per heavy atom. The fraction of sp³-hybridized carbons (Fsp3) is 0.812. The summed E-state index contributed by atoms with van der Waals surface area (Å²) in [5.74, 6) is 1.93. The number of hydrogen-bond acceptors (Lipinski definition) is 3. The van der Waals surface area contributed by atoms with Gasteiger partial charge in [0.1, 0.15) is 0 Å². The summed E-state index contributed by atoms with van der Waals surface area (Å²) in [5.41, 5.74) is 7.69. The molecule has 1 aromatic heterocycles. The first-order valence-electron chi connectivity index (χ1n) is 8.03. The summed E-state index contributed by atoms with van der Waals surface area (Å²) in [6.07, 6.45) is 8.95. The molecule has 0 spiro atoms. The van der Waals surface area contributed by atoms with Crippen molar-refractivity contribution < 1.29 is 4.74 Å². The van der Waals surface area contributed by atoms with Gasteiger partial charge in [0.25, 0.3) is 0 Å². The second kappa shape index (κ2) is 5.86. The number of ether oxygens (including phenoxy) is 1. The Morgan fingerprint density at radius 1 is 1.35 bits per heavy atom. The molecule has 0 radical (unpaired) electrons. The second-order valence-corrected chi connectivity index (χ2v) is 6.71. The molecule has 4 nitrogen and oxygen atoms in total. The second-order valence-electron chi connectivity index (χ2n) is 6.71. The summed E-state index contributed by atoms with van der Waals surface area (Å²) < 4.78 is 7.85. The van der Waals surface area contributed by atoms with E-state index in [0.717, 1.165) is 25.6 Å². The minimum atomic E-state index is 0.0597. The van der Waals surface area contributed by atoms with Crippen molar-refractivity contribution >= 4 is 0 Å². The topological polar surface area (TPSA) is 53.1 Å². The average Bonchev–Trinajstić information content (AvgIpc) is 3.11. The van der Waals surface area contributed by atoms with Crippen molar-refractivity contribution in [3.05, 3.63) is 18.2 Å². The molecule has 2 fully saturated rings. The van der Waals surface area contributed by atoms with Gasteiger partial charge in [-0.15, -0.1) is 0 Å². The van der Waals surface area contributed by atoms with Crippen molar-refractivity contribution in [1.82, 2.24) is 9.55 Å². The first-order chi connectivity index (χ1) is 9.68. The van der Waals surface area contributed by atoms with Crippen LogP contribution in [0.15, 0.2) is 12.5 Å². The molecule has 0 aromatic carbocycles. The minimum Gasteiger partial charge on any atom is -0.381 e. The monoisotopic (exact) mass is 277 g/mol. The Labute approximate surface area is 121 Å². The van der Waals surface area contributed by atoms with Crippen LogP contribution in [-0.2, 0) is 4.74 Å². The molecule has 2 N–H and O–H groups in total. The zero-order valence-corrected chi connectivity index (χ0v) is 12.7. The predicted molar refractivity (Wildman–Crippen MR) is 79.3 cm³/mol. The van der Waals surface area contributed by atoms with E-state index in [1.54, 1.807) is 0 Å². The van der Waals surface area contributed by atoms with E-state index in [1.165, 1.54) is 25.0 Å². The van der Waals surface area contributed by atoms with Gasteiger partial charge in [-0.3, -0.25) is 0 Å². The lowest BCUT2D eigenvalue weighted by Gasteiger charge is -2.36. The highest BCUT2D eigenvalue weighted by atomic mass is 16.5. The van der Waals surface area contributed by atoms with Crippen LogP contribution in [0.3, 0.4) is 0 Å². The van der Waals surface area contributed by atoms with E-state index in [4.69, 9.17) is 10.5 Å². The van der Waals surface area contributed by atoms with Gasteiger partial charge >= 0.3 is 0 Å². The van der Waals surface area contributed by atoms with E-state index in [0.29, 0.717) is 17.9 Å². The van der Waals surface area contributed by atoms with Crippen LogP contribution in [0, 0.1) is 17.8 Å². The van der Waals surface area contributed by atoms with Gasteiger partial charge in [0.2, 0.25) is 0 Å². The lowest BCUT2D eigenvalue weighted by atomic mass is 9.77. The molecule has 2 heterocycles. The molecule has 1 aliphatic heterocycles. The molecule has 1 aromatic rings. The fourth-order valence-corrected chi connectivity index (χ4v) is 3.87. The van der Waals surface area contributed by atoms with Gasteiger partial charge < -0.3 is 15.0 Å². The van der Waals surface area contributed by atoms with Gasteiger partial charge in [-0.05, 0) is 24.7 Å². The molecule has 3 rings (SSSR count). The first-order valence-corrected chi connectivity index (χ1v) is 8.03. The van der Waals surface area contributed by atoms with E-state index in [-0.39, 0.29) is 6.04 Å². The third kappa shape index (κ3) is 2.51. The van der Waals surface area contributed by atoms with Gasteiger partial charge in [-0.1, -0.05) is 26.7 Å². The Kier molecular flexibility index (Phi) is 4.13. The molecule has 5 atom stereocenters. The largest absolute Gasteiger partial charge is 0.381 e. The quantitative estimate of drug-likeness (QED) is 0.924. The summed E-state index contributed by atoms with van der Waals surface area (Å²) in [4.78, 5) is 4.39. The maximum atomic E-state index is 6.49. The van der Waals surface area contributed by atoms with Crippen molar-refractivity contribution in [2.45, 2.75) is 51.6 Å². The third-order valence-electron chi connectivity index (χ3n) is 5.53. The molecule has 1 aliphatic carbocycles. The summed E-state index contributed by atoms with van der Waals surface area (Å²) >= 11 is 0. The Morgan fingerprint density at radius 3 is 2.95 bits per heavy atom. The molecule has 2 aliphatic rings. The summed E-state index contributed by atoms with van der Waals surface area (Å²) in [6.45, 7) is 6.40. The zero-order valence-electron chi connectivity index (χ0n) is 12.7. The molecule has 0 amide bonds. The molecular formula is C16H27N3O. The van der Waals surface area contributed by atoms with Gasteiger partial charge in [-0.25, -0.2) is 4.98 Å². The highest BCUT2D eigenvalue weighted by Gasteiger charge is 2.32. The first kappa shape index (κ1) is 14.1. The van der Waals surface area contributed by atoms with Crippen molar-refractivity contribution in [2.75, 3.05) is 13.2 Å². The number of nitrogens with zero attached hydrogens (tertiary/aromatic N) is 2. The van der Waals surface area contributed by atoms with Gasteiger partial charge in [0.05, 0.1) is 24.7 Å². The van der Waals surface area contributed by atoms with Crippen LogP contribution in [0.1, 0.15) is 57.3 Å². The number of imidazole rings is 1. The molecule has 1 saturated carbocycles. The van der Waals surface area contributed by atoms with E-state index in [9.17, 15) is 0 Å². The third-order valence-corrected chi connectivity index (χ3v) is 5.53. The van der Waals surface area contributed by atoms with Crippen LogP contribution in [0.5, 0.6) is 0 Å². The van der Waals surface area contributed by atoms with E-state index < -0.39 is 0 Å². The van der Waals surface area contributed by atoms with Crippen LogP contribution in [0.25, 0.3) is 0 Å². The molecule has 1 saturated heterocycles. The van der Waals surface area contributed by atoms with Crippen LogP contribution < -0.4 is 5.73 Å². The SMILES string of the molecule is CC1CCCC(n2cncc2C(N)C2CCOC2)C1C. The van der Waals surface area contributed by atoms with Gasteiger partial charge in [-0.2, -0.15) is 0 Å². The Balaban J connectivity index is 1.82. The molecule has 20 heavy (non-hydrogen) atoms. The predicted octanol–water partition coefficient (Wildman–Crippen LogP) is 2.92. The fourth-order valence-electron chi connectivity index (χ4n) is 3.87. The van der Waals surface area contributed by atoms with Crippen molar-refractivity contribution in [3.8, 4) is 0 Å². The number of rotatable bonds is 3. The lowest BCUT2D eigenvalue weighted by molar-refractivity contribution is 0.171. The molecule has 5 unspecified atom stereocenters. The number of hydrogen-bond donors (Lipinski definition) is 1. The van der Waals surface area contributed by atoms with Gasteiger partial charge in [0, 0.05) is 24.8 Å². The number of nitrogens with two attached hydrogens (primary N) is 1. The molecule has 0 bridgehead atoms. The maximum absolute atomic E-state index is 6.49. The van der Waals surface area contributed by atoms with Crippen LogP contribution in [0.2, 0.25) is 0 Å². The summed E-state index contributed by atoms with van der Waals surface area (Å²) in [6, 6.07) is 0.619. The number of aromatic nitrogens is 2. The molecule has 4 heteroatoms. The van der Waals surface area contributed by atoms with Crippen molar-refractivity contribution in [1.29, 1.82) is 0 Å². The van der Waals surface area contributed by atoms with Crippen LogP contribution in [0.4, 0.5) is 0 Å². The highest BCUT2D eigenvalue weighted by molar-refractivity contribution is 5.09. The van der Waals surface area contributed by atoms with E-state index >= 15 is 0 Å². The summed E-state index contributed by atoms with van der Waals surface area (Å²) in [5, 5.41) is 0. The Hall–Kier alpha value is -0.870. The van der Waals surface area contributed by atoms with E-state index in [1.807, 2.05) is 12.5 Å². The average molecular weight is 277 g/mol. The highest BCUT2D eigenvalue weighted by Crippen LogP contribution is 2.39. The maximum Gasteiger partial charge on any atom is 0.0951 e. The lowest BCUT2D eigenvalue weighted by Crippen LogP contribution is -2.31. The summed E-state index contributed by atoms with van der Waals surface area (Å²) in [7, 11) is 0. The van der Waals surface area contributed by atoms with Gasteiger partial charge in [0.15, 0.2) is 0 Å². The van der Waals surface area contributed by atoms with E-state index in [2.05, 4.69) is 23.4 Å². The van der Waals surface area contributed by atoms with Crippen LogP contribution >= 0.6 is 0 Å². The normalized spacial score (nSPS) is 36.1. The smallest absolute Gasteiger partial charge is 0.0951 e. The van der Waals surface area contributed by atoms with Crippen LogP contribution in [-0.4, -0.2) is 22.8 Å². The Bertz CT molecular complexity index is 439. The van der Waals surface area contributed by atoms with Crippen molar-refractivity contribution in [2.24, 2.45) is 23.5 Å². The molecule has 112 valence electrons. The minimum absolute atomic E-state index is 0.0597. The van der Waals surface area contributed by atoms with Crippen molar-refractivity contribution in [3.63, 3.8) is 0 Å². The zero-order chi connectivity index (χ0) is 14.1.